The van der Waals surface area contributed by atoms with Gasteiger partial charge in [0.2, 0.25) is 0 Å². The van der Waals surface area contributed by atoms with Crippen LogP contribution in [0.4, 0.5) is 22.7 Å². The minimum atomic E-state index is -0.492. The Labute approximate surface area is 112 Å². The fraction of sp³-hybridized carbons (Fsp3) is 0. The van der Waals surface area contributed by atoms with Crippen LogP contribution in [0, 0.1) is 10.1 Å². The quantitative estimate of drug-likeness (QED) is 0.515. The van der Waals surface area contributed by atoms with Crippen molar-refractivity contribution < 1.29 is 4.92 Å². The first-order valence-corrected chi connectivity index (χ1v) is 5.93. The number of anilines is 3. The maximum Gasteiger partial charge on any atom is 0.315 e. The molecule has 6 heteroatoms. The number of nitrogens with one attached hydrogen (secondary N) is 1. The lowest BCUT2D eigenvalue weighted by Gasteiger charge is -2.09. The van der Waals surface area contributed by atoms with Crippen LogP contribution < -0.4 is 11.1 Å². The van der Waals surface area contributed by atoms with E-state index in [9.17, 15) is 10.1 Å². The van der Waals surface area contributed by atoms with Crippen LogP contribution in [-0.4, -0.2) is 4.92 Å². The van der Waals surface area contributed by atoms with Gasteiger partial charge in [-0.25, -0.2) is 0 Å². The number of halogens is 1. The van der Waals surface area contributed by atoms with Gasteiger partial charge in [-0.1, -0.05) is 18.2 Å². The van der Waals surface area contributed by atoms with Crippen molar-refractivity contribution in [1.82, 2.24) is 0 Å². The zero-order chi connectivity index (χ0) is 13.1. The zero-order valence-electron chi connectivity index (χ0n) is 9.26. The second kappa shape index (κ2) is 5.05. The molecule has 0 bridgehead atoms. The number of rotatable bonds is 3. The van der Waals surface area contributed by atoms with Crippen LogP contribution >= 0.6 is 15.9 Å². The molecule has 0 aliphatic heterocycles. The highest BCUT2D eigenvalue weighted by molar-refractivity contribution is 9.10. The van der Waals surface area contributed by atoms with Gasteiger partial charge in [-0.2, -0.15) is 0 Å². The lowest BCUT2D eigenvalue weighted by atomic mass is 10.2. The van der Waals surface area contributed by atoms with Gasteiger partial charge in [-0.15, -0.1) is 0 Å². The van der Waals surface area contributed by atoms with E-state index in [1.807, 2.05) is 24.3 Å². The van der Waals surface area contributed by atoms with Crippen molar-refractivity contribution >= 4 is 38.7 Å². The van der Waals surface area contributed by atoms with E-state index < -0.39 is 4.92 Å². The third kappa shape index (κ3) is 2.43. The van der Waals surface area contributed by atoms with E-state index in [4.69, 9.17) is 5.73 Å². The first kappa shape index (κ1) is 12.4. The highest BCUT2D eigenvalue weighted by atomic mass is 79.9. The number of hydrogen-bond acceptors (Lipinski definition) is 4. The topological polar surface area (TPSA) is 81.2 Å². The predicted octanol–water partition coefficient (Wildman–Crippen LogP) is 3.68. The SMILES string of the molecule is Nc1cccc(Nc2ccccc2Br)c1[N+](=O)[O-]. The second-order valence-electron chi connectivity index (χ2n) is 3.61. The van der Waals surface area contributed by atoms with E-state index in [0.29, 0.717) is 5.69 Å². The molecule has 3 N–H and O–H groups in total. The van der Waals surface area contributed by atoms with Crippen LogP contribution in [0.25, 0.3) is 0 Å². The van der Waals surface area contributed by atoms with Gasteiger partial charge in [0, 0.05) is 4.47 Å². The minimum Gasteiger partial charge on any atom is -0.393 e. The lowest BCUT2D eigenvalue weighted by molar-refractivity contribution is -0.383. The molecule has 5 nitrogen and oxygen atoms in total. The molecule has 0 spiro atoms. The van der Waals surface area contributed by atoms with Crippen molar-refractivity contribution in [3.8, 4) is 0 Å². The number of para-hydroxylation sites is 2. The molecule has 92 valence electrons. The van der Waals surface area contributed by atoms with E-state index >= 15 is 0 Å². The number of nitrogens with zero attached hydrogens (tertiary/aromatic N) is 1. The number of hydrogen-bond donors (Lipinski definition) is 2. The molecule has 0 amide bonds. The van der Waals surface area contributed by atoms with Gasteiger partial charge < -0.3 is 11.1 Å². The van der Waals surface area contributed by atoms with Crippen molar-refractivity contribution in [2.75, 3.05) is 11.1 Å². The Morgan fingerprint density at radius 1 is 1.11 bits per heavy atom. The summed E-state index contributed by atoms with van der Waals surface area (Å²) in [6.07, 6.45) is 0. The molecule has 0 atom stereocenters. The Morgan fingerprint density at radius 2 is 1.78 bits per heavy atom. The van der Waals surface area contributed by atoms with E-state index in [0.717, 1.165) is 10.2 Å². The molecule has 0 aliphatic carbocycles. The molecule has 18 heavy (non-hydrogen) atoms. The van der Waals surface area contributed by atoms with E-state index in [2.05, 4.69) is 21.2 Å². The van der Waals surface area contributed by atoms with Gasteiger partial charge in [0.1, 0.15) is 11.4 Å². The van der Waals surface area contributed by atoms with Crippen molar-refractivity contribution in [2.45, 2.75) is 0 Å². The van der Waals surface area contributed by atoms with Crippen LogP contribution in [-0.2, 0) is 0 Å². The number of nitrogens with two attached hydrogens (primary N) is 1. The highest BCUT2D eigenvalue weighted by Gasteiger charge is 2.18. The Morgan fingerprint density at radius 3 is 2.44 bits per heavy atom. The van der Waals surface area contributed by atoms with E-state index in [1.54, 1.807) is 12.1 Å². The normalized spacial score (nSPS) is 10.1. The summed E-state index contributed by atoms with van der Waals surface area (Å²) in [5.74, 6) is 0. The van der Waals surface area contributed by atoms with Gasteiger partial charge in [0.25, 0.3) is 0 Å². The van der Waals surface area contributed by atoms with E-state index in [1.165, 1.54) is 6.07 Å². The molecule has 2 rings (SSSR count). The number of nitrogen functional groups attached to an aromatic ring is 1. The minimum absolute atomic E-state index is 0.117. The lowest BCUT2D eigenvalue weighted by Crippen LogP contribution is -2.01. The summed E-state index contributed by atoms with van der Waals surface area (Å²) in [5.41, 5.74) is 6.75. The van der Waals surface area contributed by atoms with Crippen LogP contribution in [0.3, 0.4) is 0 Å². The summed E-state index contributed by atoms with van der Waals surface area (Å²) in [6.45, 7) is 0. The standard InChI is InChI=1S/C12H10BrN3O2/c13-8-4-1-2-6-10(8)15-11-7-3-5-9(14)12(11)16(17)18/h1-7,15H,14H2. The summed E-state index contributed by atoms with van der Waals surface area (Å²) >= 11 is 3.37. The molecule has 0 heterocycles. The molecule has 0 saturated heterocycles. The Hall–Kier alpha value is -2.08. The molecule has 0 unspecified atom stereocenters. The summed E-state index contributed by atoms with van der Waals surface area (Å²) < 4.78 is 0.821. The third-order valence-corrected chi connectivity index (χ3v) is 3.08. The smallest absolute Gasteiger partial charge is 0.315 e. The molecule has 0 radical (unpaired) electrons. The molecule has 2 aromatic carbocycles. The van der Waals surface area contributed by atoms with Gasteiger partial charge >= 0.3 is 5.69 Å². The van der Waals surface area contributed by atoms with Crippen LogP contribution in [0.15, 0.2) is 46.9 Å². The Kier molecular flexibility index (Phi) is 3.47. The molecular weight excluding hydrogens is 298 g/mol. The third-order valence-electron chi connectivity index (χ3n) is 2.39. The van der Waals surface area contributed by atoms with Crippen molar-refractivity contribution in [2.24, 2.45) is 0 Å². The van der Waals surface area contributed by atoms with Crippen molar-refractivity contribution in [3.63, 3.8) is 0 Å². The molecule has 0 aromatic heterocycles. The number of benzene rings is 2. The highest BCUT2D eigenvalue weighted by Crippen LogP contribution is 2.34. The second-order valence-corrected chi connectivity index (χ2v) is 4.46. The van der Waals surface area contributed by atoms with Crippen LogP contribution in [0.2, 0.25) is 0 Å². The van der Waals surface area contributed by atoms with E-state index in [-0.39, 0.29) is 11.4 Å². The maximum absolute atomic E-state index is 11.0. The fourth-order valence-electron chi connectivity index (χ4n) is 1.57. The Bertz CT molecular complexity index is 602. The van der Waals surface area contributed by atoms with Gasteiger partial charge in [0.05, 0.1) is 10.6 Å². The van der Waals surface area contributed by atoms with Gasteiger partial charge in [-0.05, 0) is 40.2 Å². The largest absolute Gasteiger partial charge is 0.393 e. The summed E-state index contributed by atoms with van der Waals surface area (Å²) in [6, 6.07) is 12.2. The average Bonchev–Trinajstić information content (AvgIpc) is 2.31. The Balaban J connectivity index is 2.44. The maximum atomic E-state index is 11.0. The average molecular weight is 308 g/mol. The monoisotopic (exact) mass is 307 g/mol. The van der Waals surface area contributed by atoms with Crippen LogP contribution in [0.5, 0.6) is 0 Å². The number of nitro benzene ring substituents is 1. The fourth-order valence-corrected chi connectivity index (χ4v) is 1.96. The number of nitro groups is 1. The first-order chi connectivity index (χ1) is 8.59. The van der Waals surface area contributed by atoms with Crippen molar-refractivity contribution in [1.29, 1.82) is 0 Å². The predicted molar refractivity (Wildman–Crippen MR) is 74.9 cm³/mol. The molecule has 2 aromatic rings. The zero-order valence-corrected chi connectivity index (χ0v) is 10.8. The van der Waals surface area contributed by atoms with Crippen molar-refractivity contribution in [3.05, 3.63) is 57.1 Å². The van der Waals surface area contributed by atoms with Crippen LogP contribution in [0.1, 0.15) is 0 Å². The summed E-state index contributed by atoms with van der Waals surface area (Å²) in [7, 11) is 0. The first-order valence-electron chi connectivity index (χ1n) is 5.14. The molecule has 0 aliphatic rings. The molecule has 0 saturated carbocycles. The van der Waals surface area contributed by atoms with Gasteiger partial charge in [0.15, 0.2) is 0 Å². The molecule has 0 fully saturated rings. The van der Waals surface area contributed by atoms with Gasteiger partial charge in [-0.3, -0.25) is 10.1 Å². The summed E-state index contributed by atoms with van der Waals surface area (Å²) in [5, 5.41) is 14.0. The molecular formula is C12H10BrN3O2. The summed E-state index contributed by atoms with van der Waals surface area (Å²) in [4.78, 5) is 10.5.